The van der Waals surface area contributed by atoms with E-state index in [0.29, 0.717) is 106 Å². The zero-order valence-electron chi connectivity index (χ0n) is 69.8. The molecule has 4 saturated heterocycles. The molecule has 33 heteroatoms. The van der Waals surface area contributed by atoms with Gasteiger partial charge in [0.15, 0.2) is 28.4 Å². The van der Waals surface area contributed by atoms with Crippen molar-refractivity contribution in [1.29, 1.82) is 0 Å². The van der Waals surface area contributed by atoms with Crippen molar-refractivity contribution in [1.82, 2.24) is 67.4 Å². The summed E-state index contributed by atoms with van der Waals surface area (Å²) in [7, 11) is -0.579. The van der Waals surface area contributed by atoms with Crippen molar-refractivity contribution in [3.63, 3.8) is 0 Å². The molecule has 0 atom stereocenters. The quantitative estimate of drug-likeness (QED) is 0.0383. The van der Waals surface area contributed by atoms with Crippen LogP contribution in [-0.4, -0.2) is 213 Å². The van der Waals surface area contributed by atoms with E-state index in [-0.39, 0.29) is 24.9 Å². The summed E-state index contributed by atoms with van der Waals surface area (Å²) in [6, 6.07) is 59.0. The molecule has 4 fully saturated rings. The Bertz CT molecular complexity index is 6290. The van der Waals surface area contributed by atoms with E-state index in [4.69, 9.17) is 64.3 Å². The fourth-order valence-electron chi connectivity index (χ4n) is 14.6. The number of aromatic carboxylic acids is 1. The number of halogens is 2. The maximum atomic E-state index is 12.9. The Labute approximate surface area is 734 Å². The molecular formula is C92H90BBrClN17O13. The van der Waals surface area contributed by atoms with E-state index in [9.17, 15) is 24.3 Å². The van der Waals surface area contributed by atoms with Crippen LogP contribution in [0.5, 0.6) is 0 Å². The van der Waals surface area contributed by atoms with Crippen LogP contribution in [0.1, 0.15) is 90.4 Å². The van der Waals surface area contributed by atoms with E-state index >= 15 is 0 Å². The first-order valence-corrected chi connectivity index (χ1v) is 42.1. The minimum absolute atomic E-state index is 0.125. The molecule has 15 aromatic rings. The number of aromatic nitrogens is 14. The summed E-state index contributed by atoms with van der Waals surface area (Å²) < 4.78 is 52.2. The van der Waals surface area contributed by atoms with Gasteiger partial charge in [-0.15, -0.1) is 0 Å². The Morgan fingerprint density at radius 1 is 0.408 bits per heavy atom. The first kappa shape index (κ1) is 86.7. The molecule has 0 saturated carbocycles. The van der Waals surface area contributed by atoms with Crippen molar-refractivity contribution >= 4 is 104 Å². The number of anilines is 3. The number of hydrogen-bond acceptors (Lipinski definition) is 25. The molecule has 1 N–H and O–H groups in total. The number of ether oxygens (including phenoxy) is 6. The number of esters is 3. The zero-order valence-corrected chi connectivity index (χ0v) is 72.2. The van der Waals surface area contributed by atoms with Gasteiger partial charge in [-0.05, 0) is 107 Å². The average Bonchev–Trinajstić information content (AvgIpc) is 1.62. The summed E-state index contributed by atoms with van der Waals surface area (Å²) in [6.07, 6.45) is 11.7. The van der Waals surface area contributed by atoms with Gasteiger partial charge in [0, 0.05) is 121 Å². The highest BCUT2D eigenvalue weighted by atomic mass is 79.9. The number of benzene rings is 4. The lowest BCUT2D eigenvalue weighted by molar-refractivity contribution is 0.00578. The second-order valence-electron chi connectivity index (χ2n) is 29.7. The molecule has 15 heterocycles. The lowest BCUT2D eigenvalue weighted by Crippen LogP contribution is -2.41. The third-order valence-electron chi connectivity index (χ3n) is 21.4. The van der Waals surface area contributed by atoms with Crippen molar-refractivity contribution in [3.05, 3.63) is 264 Å². The minimum Gasteiger partial charge on any atom is -0.476 e. The van der Waals surface area contributed by atoms with Gasteiger partial charge in [-0.25, -0.2) is 69.0 Å². The average molecular weight is 1770 g/mol. The Morgan fingerprint density at radius 2 is 0.728 bits per heavy atom. The molecule has 0 unspecified atom stereocenters. The number of hydrogen-bond donors (Lipinski definition) is 1. The van der Waals surface area contributed by atoms with E-state index in [0.717, 1.165) is 119 Å². The molecular weight excluding hydrogens is 1680 g/mol. The molecule has 4 aromatic carbocycles. The summed E-state index contributed by atoms with van der Waals surface area (Å²) in [5.41, 5.74) is 12.2. The van der Waals surface area contributed by atoms with Gasteiger partial charge in [-0.2, -0.15) is 0 Å². The lowest BCUT2D eigenvalue weighted by Gasteiger charge is -2.32. The van der Waals surface area contributed by atoms with Gasteiger partial charge in [0.05, 0.1) is 86.5 Å². The molecule has 4 aliphatic rings. The monoisotopic (exact) mass is 1770 g/mol. The third kappa shape index (κ3) is 19.3. The molecule has 0 radical (unpaired) electrons. The van der Waals surface area contributed by atoms with Gasteiger partial charge in [0.1, 0.15) is 81.3 Å². The van der Waals surface area contributed by atoms with E-state index in [1.807, 2.05) is 228 Å². The number of nitrogens with zero attached hydrogens (tertiary/aromatic N) is 17. The van der Waals surface area contributed by atoms with Crippen molar-refractivity contribution in [3.8, 4) is 67.5 Å². The first-order valence-electron chi connectivity index (χ1n) is 40.9. The summed E-state index contributed by atoms with van der Waals surface area (Å²) in [5.74, 6) is 0.317. The van der Waals surface area contributed by atoms with Gasteiger partial charge >= 0.3 is 31.0 Å². The Morgan fingerprint density at radius 3 is 1.10 bits per heavy atom. The molecule has 0 spiro atoms. The molecule has 0 aliphatic carbocycles. The second kappa shape index (κ2) is 39.5. The van der Waals surface area contributed by atoms with E-state index in [1.54, 1.807) is 57.0 Å². The van der Waals surface area contributed by atoms with Gasteiger partial charge in [-0.1, -0.05) is 139 Å². The maximum Gasteiger partial charge on any atom is 0.498 e. The molecule has 19 rings (SSSR count). The highest BCUT2D eigenvalue weighted by Gasteiger charge is 2.52. The fourth-order valence-corrected chi connectivity index (χ4v) is 15.2. The van der Waals surface area contributed by atoms with Crippen LogP contribution in [0.15, 0.2) is 236 Å². The van der Waals surface area contributed by atoms with Crippen LogP contribution >= 0.6 is 27.5 Å². The molecule has 125 heavy (non-hydrogen) atoms. The lowest BCUT2D eigenvalue weighted by atomic mass is 9.80. The number of carbonyl (C=O) groups is 4. The molecule has 30 nitrogen and oxygen atoms in total. The number of carboxylic acid groups (broad SMARTS) is 1. The number of pyridine rings is 4. The molecule has 638 valence electrons. The normalized spacial score (nSPS) is 14.7. The van der Waals surface area contributed by atoms with Crippen LogP contribution in [0, 0.1) is 0 Å². The Hall–Kier alpha value is -13.2. The highest BCUT2D eigenvalue weighted by molar-refractivity contribution is 9.10. The molecule has 0 bridgehead atoms. The van der Waals surface area contributed by atoms with Crippen LogP contribution in [-0.2, 0) is 37.7 Å². The van der Waals surface area contributed by atoms with E-state index in [1.165, 1.54) is 12.7 Å². The number of fused-ring (bicyclic) bond motifs is 4. The van der Waals surface area contributed by atoms with Gasteiger partial charge in [0.25, 0.3) is 0 Å². The topological polar surface area (TPSA) is 319 Å². The zero-order chi connectivity index (χ0) is 87.1. The SMILES string of the molecule is CCOC(=O)c1c(-c2ccccc2)nc2c(-c3cc(N4CCOCC4)ncn3)cccn12.CCOC(=O)c1c(-c2ccccc2)nc2c(B3OC(C)(C)C(C)(C)O3)cccn12.CCOC(=O)c1c(-c2ccccc2)nc2c(Br)cccn12.Clc1cc(N2CCOCC2)ncn1.O=C(O)c1c(-c2ccccc2)nc2c(-c3cc(N4CCOCC4)ncn3)cccn12. The van der Waals surface area contributed by atoms with Crippen LogP contribution < -0.4 is 20.2 Å². The van der Waals surface area contributed by atoms with Crippen molar-refractivity contribution < 1.29 is 62.0 Å². The van der Waals surface area contributed by atoms with Crippen molar-refractivity contribution in [2.75, 3.05) is 113 Å². The number of imidazole rings is 4. The van der Waals surface area contributed by atoms with Crippen molar-refractivity contribution in [2.45, 2.75) is 59.7 Å². The molecule has 11 aromatic heterocycles. The van der Waals surface area contributed by atoms with Crippen LogP contribution in [0.3, 0.4) is 0 Å². The van der Waals surface area contributed by atoms with Crippen molar-refractivity contribution in [2.24, 2.45) is 0 Å². The standard InChI is InChI=1S/C24H23N5O3.C22H25BN2O4.C22H19N5O3.C16H13BrN2O2.C8H10ClN3O/c1-2-32-24(30)22-21(17-7-4-3-5-8-17)27-23-18(9-6-10-29(22)23)19-15-20(26-16-25-19)28-11-13-31-14-12-28;1-6-27-20(26)18-17(15-11-8-7-9-12-15)24-19-16(13-10-14-25(18)19)23-28-21(2,3)22(4,5)29-23;28-22(29)20-19(15-5-2-1-3-6-15)25-21-16(7-4-8-27(20)21)17-13-18(24-14-23-17)26-9-11-30-12-10-26;1-2-21-16(20)14-13(11-7-4-3-5-8-11)18-15-12(17)9-6-10-19(14)15;9-7-5-8(11-6-10-7)12-1-3-13-4-2-12/h3-10,15-16H,2,11-14H2,1H3;7-14H,6H2,1-5H3;1-8,13-14H,9-12H2,(H,28,29);3-10H,2H2,1H3;5-6H,1-4H2. The van der Waals surface area contributed by atoms with Gasteiger partial charge in [0.2, 0.25) is 0 Å². The largest absolute Gasteiger partial charge is 0.498 e. The summed E-state index contributed by atoms with van der Waals surface area (Å²) in [6.45, 7) is 23.4. The maximum absolute atomic E-state index is 12.9. The van der Waals surface area contributed by atoms with E-state index in [2.05, 4.69) is 65.5 Å². The van der Waals surface area contributed by atoms with Crippen LogP contribution in [0.2, 0.25) is 5.15 Å². The first-order chi connectivity index (χ1) is 60.8. The van der Waals surface area contributed by atoms with Gasteiger partial charge < -0.3 is 57.5 Å². The smallest absolute Gasteiger partial charge is 0.476 e. The van der Waals surface area contributed by atoms with Gasteiger partial charge in [-0.3, -0.25) is 17.6 Å². The summed E-state index contributed by atoms with van der Waals surface area (Å²) >= 11 is 9.22. The number of rotatable bonds is 17. The predicted molar refractivity (Wildman–Crippen MR) is 479 cm³/mol. The van der Waals surface area contributed by atoms with Crippen LogP contribution in [0.4, 0.5) is 17.5 Å². The highest BCUT2D eigenvalue weighted by Crippen LogP contribution is 2.39. The number of carbonyl (C=O) groups excluding carboxylic acids is 3. The summed E-state index contributed by atoms with van der Waals surface area (Å²) in [5, 5.41) is 10.4. The predicted octanol–water partition coefficient (Wildman–Crippen LogP) is 14.8. The third-order valence-corrected chi connectivity index (χ3v) is 22.2. The van der Waals surface area contributed by atoms with Crippen LogP contribution in [0.25, 0.3) is 90.1 Å². The Kier molecular flexibility index (Phi) is 27.4. The number of carboxylic acids is 1. The molecule has 4 aliphatic heterocycles. The van der Waals surface area contributed by atoms with E-state index < -0.39 is 36.2 Å². The molecule has 0 amide bonds. The summed E-state index contributed by atoms with van der Waals surface area (Å²) in [4.78, 5) is 101. The Balaban J connectivity index is 0.000000124. The number of morpholine rings is 3. The minimum atomic E-state index is -1.03. The second-order valence-corrected chi connectivity index (χ2v) is 31.0. The fraction of sp³-hybridized carbons (Fsp3) is 0.261.